The molecular weight excluding hydrogens is 1200 g/mol. The Bertz CT molecular complexity index is 6530. The van der Waals surface area contributed by atoms with Crippen molar-refractivity contribution >= 4 is 129 Å². The largest absolute Gasteiger partial charge is 0.455 e. The summed E-state index contributed by atoms with van der Waals surface area (Å²) >= 11 is 3.71. The number of furan rings is 1. The van der Waals surface area contributed by atoms with Gasteiger partial charge in [-0.25, -0.2) is 19.9 Å². The first-order valence-electron chi connectivity index (χ1n) is 31.9. The second-order valence-corrected chi connectivity index (χ2v) is 26.5. The minimum atomic E-state index is 0.601. The number of hydrogen-bond acceptors (Lipinski definition) is 7. The summed E-state index contributed by atoms with van der Waals surface area (Å²) in [6, 6.07) is 107. The van der Waals surface area contributed by atoms with E-state index in [-0.39, 0.29) is 0 Å². The van der Waals surface area contributed by atoms with Gasteiger partial charge in [0.1, 0.15) is 11.2 Å². The lowest BCUT2D eigenvalue weighted by atomic mass is 9.94. The van der Waals surface area contributed by atoms with Gasteiger partial charge in [-0.3, -0.25) is 9.13 Å². The van der Waals surface area contributed by atoms with Crippen LogP contribution >= 0.6 is 22.7 Å². The standard InChI is InChI=1S/C86H50N6OS2/c1-2-16-53(17-3-1)73-50-74(90-86(89-73)92-76-28-10-5-19-62(76)69-46-56(40-42-78(69)92)59-23-14-25-66-63-20-6-11-29-79(63)93-82(59)66)55-36-32-51(33-37-55)58-48-68(84-71(49-58)65-22-8-13-31-81(65)95-84)52-34-38-54(39-35-52)72-44-45-87-85(88-72)91-75-27-9-4-18-61(75)70-47-57(41-43-77(70)91)60-24-15-26-67-64-21-7-12-30-80(64)94-83(60)67/h1-50H. The van der Waals surface area contributed by atoms with Crippen molar-refractivity contribution in [2.45, 2.75) is 0 Å². The van der Waals surface area contributed by atoms with Crippen LogP contribution in [0.3, 0.4) is 0 Å². The second kappa shape index (κ2) is 21.2. The number of para-hydroxylation sites is 4. The van der Waals surface area contributed by atoms with Crippen molar-refractivity contribution in [1.82, 2.24) is 29.1 Å². The fourth-order valence-electron chi connectivity index (χ4n) is 14.6. The SMILES string of the molecule is c1ccc(-c2cc(-c3ccc(-c4cc(-c5ccc(-c6ccnc(-n7c8ccccc8c8cc(-c9cccc%10c9sc9ccccc9%10)ccc87)n6)cc5)c5sc6ccccc6c5c4)cc3)nc(-n3c4ccccc4c4cc(-c5cccc6c5oc5ccccc56)ccc43)n2)cc1. The zero-order valence-electron chi connectivity index (χ0n) is 50.8. The van der Waals surface area contributed by atoms with Crippen LogP contribution in [-0.4, -0.2) is 29.1 Å². The molecule has 0 aliphatic rings. The van der Waals surface area contributed by atoms with Gasteiger partial charge in [-0.1, -0.05) is 218 Å². The van der Waals surface area contributed by atoms with Crippen LogP contribution in [0.5, 0.6) is 0 Å². The van der Waals surface area contributed by atoms with Crippen LogP contribution in [0.1, 0.15) is 0 Å². The molecule has 0 fully saturated rings. The summed E-state index contributed by atoms with van der Waals surface area (Å²) < 4.78 is 16.1. The number of hydrogen-bond donors (Lipinski definition) is 0. The van der Waals surface area contributed by atoms with E-state index in [1.165, 1.54) is 62.4 Å². The van der Waals surface area contributed by atoms with E-state index in [0.29, 0.717) is 11.9 Å². The highest BCUT2D eigenvalue weighted by Crippen LogP contribution is 2.46. The van der Waals surface area contributed by atoms with E-state index in [0.717, 1.165) is 122 Å². The van der Waals surface area contributed by atoms with Crippen molar-refractivity contribution in [2.24, 2.45) is 0 Å². The Morgan fingerprint density at radius 1 is 0.263 bits per heavy atom. The minimum Gasteiger partial charge on any atom is -0.455 e. The smallest absolute Gasteiger partial charge is 0.235 e. The molecule has 0 bridgehead atoms. The van der Waals surface area contributed by atoms with Gasteiger partial charge in [0, 0.05) is 107 Å². The molecule has 0 aliphatic heterocycles. The molecule has 0 saturated carbocycles. The van der Waals surface area contributed by atoms with E-state index in [2.05, 4.69) is 282 Å². The number of nitrogens with zero attached hydrogens (tertiary/aromatic N) is 6. The number of aromatic nitrogens is 6. The Kier molecular flexibility index (Phi) is 11.9. The van der Waals surface area contributed by atoms with Gasteiger partial charge in [0.25, 0.3) is 0 Å². The van der Waals surface area contributed by atoms with Crippen molar-refractivity contribution in [1.29, 1.82) is 0 Å². The Hall–Kier alpha value is -12.1. The molecule has 442 valence electrons. The van der Waals surface area contributed by atoms with E-state index < -0.39 is 0 Å². The van der Waals surface area contributed by atoms with Crippen molar-refractivity contribution < 1.29 is 4.42 Å². The van der Waals surface area contributed by atoms with Crippen LogP contribution in [0.25, 0.3) is 196 Å². The van der Waals surface area contributed by atoms with Crippen molar-refractivity contribution in [3.63, 3.8) is 0 Å². The maximum Gasteiger partial charge on any atom is 0.235 e. The molecule has 0 aliphatic carbocycles. The van der Waals surface area contributed by atoms with Gasteiger partial charge in [-0.15, -0.1) is 22.7 Å². The van der Waals surface area contributed by atoms with Crippen LogP contribution in [0.15, 0.2) is 308 Å². The first-order valence-corrected chi connectivity index (χ1v) is 33.5. The normalized spacial score (nSPS) is 12.0. The third-order valence-electron chi connectivity index (χ3n) is 19.1. The average molecular weight is 1250 g/mol. The zero-order chi connectivity index (χ0) is 62.2. The first kappa shape index (κ1) is 53.5. The highest BCUT2D eigenvalue weighted by Gasteiger charge is 2.22. The van der Waals surface area contributed by atoms with Gasteiger partial charge in [0.2, 0.25) is 11.9 Å². The van der Waals surface area contributed by atoms with Crippen LogP contribution in [0, 0.1) is 0 Å². The van der Waals surface area contributed by atoms with Gasteiger partial charge in [0.15, 0.2) is 0 Å². The van der Waals surface area contributed by atoms with Crippen LogP contribution < -0.4 is 0 Å². The molecule has 0 atom stereocenters. The van der Waals surface area contributed by atoms with Crippen molar-refractivity contribution in [3.05, 3.63) is 303 Å². The van der Waals surface area contributed by atoms with Gasteiger partial charge in [-0.05, 0) is 112 Å². The predicted molar refractivity (Wildman–Crippen MR) is 397 cm³/mol. The van der Waals surface area contributed by atoms with Crippen LogP contribution in [0.2, 0.25) is 0 Å². The molecule has 0 radical (unpaired) electrons. The summed E-state index contributed by atoms with van der Waals surface area (Å²) in [6.45, 7) is 0. The Morgan fingerprint density at radius 3 is 1.43 bits per heavy atom. The second-order valence-electron chi connectivity index (χ2n) is 24.4. The van der Waals surface area contributed by atoms with Crippen molar-refractivity contribution in [3.8, 4) is 90.2 Å². The molecule has 7 aromatic heterocycles. The molecule has 0 N–H and O–H groups in total. The predicted octanol–water partition coefficient (Wildman–Crippen LogP) is 23.8. The van der Waals surface area contributed by atoms with E-state index >= 15 is 0 Å². The molecule has 20 rings (SSSR count). The summed E-state index contributed by atoms with van der Waals surface area (Å²) in [5.41, 5.74) is 20.6. The van der Waals surface area contributed by atoms with E-state index in [9.17, 15) is 0 Å². The molecule has 0 saturated heterocycles. The molecule has 9 heteroatoms. The average Bonchev–Trinajstić information content (AvgIpc) is 1.62. The molecule has 20 aromatic rings. The molecule has 95 heavy (non-hydrogen) atoms. The number of fused-ring (bicyclic) bond motifs is 15. The summed E-state index contributed by atoms with van der Waals surface area (Å²) in [7, 11) is 0. The highest BCUT2D eigenvalue weighted by molar-refractivity contribution is 7.26. The summed E-state index contributed by atoms with van der Waals surface area (Å²) in [4.78, 5) is 21.1. The summed E-state index contributed by atoms with van der Waals surface area (Å²) in [6.07, 6.45) is 1.89. The Morgan fingerprint density at radius 2 is 0.737 bits per heavy atom. The molecule has 7 heterocycles. The zero-order valence-corrected chi connectivity index (χ0v) is 52.4. The fraction of sp³-hybridized carbons (Fsp3) is 0. The maximum absolute atomic E-state index is 6.54. The van der Waals surface area contributed by atoms with Gasteiger partial charge >= 0.3 is 0 Å². The molecule has 7 nitrogen and oxygen atoms in total. The molecular formula is C86H50N6OS2. The number of rotatable bonds is 9. The topological polar surface area (TPSA) is 74.6 Å². The van der Waals surface area contributed by atoms with Crippen molar-refractivity contribution in [2.75, 3.05) is 0 Å². The van der Waals surface area contributed by atoms with E-state index in [1.807, 2.05) is 53.1 Å². The molecule has 0 amide bonds. The van der Waals surface area contributed by atoms with Gasteiger partial charge < -0.3 is 4.42 Å². The lowest BCUT2D eigenvalue weighted by Crippen LogP contribution is -2.04. The van der Waals surface area contributed by atoms with Crippen LogP contribution in [0.4, 0.5) is 0 Å². The summed E-state index contributed by atoms with van der Waals surface area (Å²) in [5.74, 6) is 1.23. The van der Waals surface area contributed by atoms with Gasteiger partial charge in [-0.2, -0.15) is 0 Å². The molecule has 0 spiro atoms. The minimum absolute atomic E-state index is 0.601. The van der Waals surface area contributed by atoms with Crippen LogP contribution in [-0.2, 0) is 0 Å². The number of thiophene rings is 2. The molecule has 0 unspecified atom stereocenters. The lowest BCUT2D eigenvalue weighted by molar-refractivity contribution is 0.670. The Balaban J connectivity index is 0.652. The number of benzene rings is 13. The third kappa shape index (κ3) is 8.57. The van der Waals surface area contributed by atoms with E-state index in [4.69, 9.17) is 24.4 Å². The third-order valence-corrected chi connectivity index (χ3v) is 21.5. The molecule has 13 aromatic carbocycles. The quantitative estimate of drug-likeness (QED) is 0.144. The fourth-order valence-corrected chi connectivity index (χ4v) is 17.0. The lowest BCUT2D eigenvalue weighted by Gasteiger charge is -2.13. The monoisotopic (exact) mass is 1250 g/mol. The highest BCUT2D eigenvalue weighted by atomic mass is 32.1. The summed E-state index contributed by atoms with van der Waals surface area (Å²) in [5, 5.41) is 11.9. The first-order chi connectivity index (χ1) is 47.1. The Labute approximate surface area is 552 Å². The van der Waals surface area contributed by atoms with E-state index in [1.54, 1.807) is 0 Å². The maximum atomic E-state index is 6.54. The van der Waals surface area contributed by atoms with Gasteiger partial charge in [0.05, 0.1) is 39.1 Å².